The summed E-state index contributed by atoms with van der Waals surface area (Å²) < 4.78 is 41.4. The van der Waals surface area contributed by atoms with Gasteiger partial charge in [-0.3, -0.25) is 4.39 Å². The lowest BCUT2D eigenvalue weighted by atomic mass is 10.1. The SMILES string of the molecule is CCC(F)(CF)COCCCF. The lowest BCUT2D eigenvalue weighted by molar-refractivity contribution is -0.00435. The maximum Gasteiger partial charge on any atom is 0.162 e. The molecule has 0 bridgehead atoms. The standard InChI is InChI=1S/C8H15F3O/c1-2-8(11,6-10)7-12-5-3-4-9/h2-7H2,1H3. The zero-order valence-corrected chi connectivity index (χ0v) is 7.28. The van der Waals surface area contributed by atoms with Crippen LogP contribution in [0.2, 0.25) is 0 Å². The van der Waals surface area contributed by atoms with E-state index in [1.807, 2.05) is 0 Å². The molecule has 0 saturated heterocycles. The molecular weight excluding hydrogens is 169 g/mol. The van der Waals surface area contributed by atoms with E-state index in [4.69, 9.17) is 4.74 Å². The second kappa shape index (κ2) is 6.29. The lowest BCUT2D eigenvalue weighted by Crippen LogP contribution is -2.31. The van der Waals surface area contributed by atoms with E-state index in [1.165, 1.54) is 0 Å². The summed E-state index contributed by atoms with van der Waals surface area (Å²) in [5.74, 6) is 0. The number of rotatable bonds is 7. The van der Waals surface area contributed by atoms with Crippen molar-refractivity contribution in [2.45, 2.75) is 25.4 Å². The van der Waals surface area contributed by atoms with Crippen molar-refractivity contribution in [3.05, 3.63) is 0 Å². The van der Waals surface area contributed by atoms with E-state index in [-0.39, 0.29) is 26.1 Å². The minimum absolute atomic E-state index is 0.0825. The van der Waals surface area contributed by atoms with Crippen LogP contribution in [-0.4, -0.2) is 32.2 Å². The minimum Gasteiger partial charge on any atom is -0.378 e. The van der Waals surface area contributed by atoms with Crippen LogP contribution in [0.5, 0.6) is 0 Å². The third-order valence-corrected chi connectivity index (χ3v) is 1.66. The Labute approximate surface area is 70.9 Å². The van der Waals surface area contributed by atoms with E-state index < -0.39 is 19.0 Å². The van der Waals surface area contributed by atoms with Crippen molar-refractivity contribution in [2.75, 3.05) is 26.6 Å². The van der Waals surface area contributed by atoms with Gasteiger partial charge in [0.2, 0.25) is 0 Å². The largest absolute Gasteiger partial charge is 0.378 e. The molecular formula is C8H15F3O. The van der Waals surface area contributed by atoms with Crippen molar-refractivity contribution >= 4 is 0 Å². The molecule has 4 heteroatoms. The predicted octanol–water partition coefficient (Wildman–Crippen LogP) is 2.45. The van der Waals surface area contributed by atoms with Gasteiger partial charge in [-0.05, 0) is 12.8 Å². The normalized spacial score (nSPS) is 16.0. The molecule has 0 amide bonds. The Hall–Kier alpha value is -0.250. The van der Waals surface area contributed by atoms with Crippen LogP contribution >= 0.6 is 0 Å². The van der Waals surface area contributed by atoms with Gasteiger partial charge in [0.25, 0.3) is 0 Å². The van der Waals surface area contributed by atoms with Crippen LogP contribution in [0, 0.1) is 0 Å². The molecule has 0 saturated carbocycles. The topological polar surface area (TPSA) is 9.23 Å². The monoisotopic (exact) mass is 184 g/mol. The van der Waals surface area contributed by atoms with E-state index in [2.05, 4.69) is 0 Å². The highest BCUT2D eigenvalue weighted by molar-refractivity contribution is 4.75. The number of halogens is 3. The summed E-state index contributed by atoms with van der Waals surface area (Å²) in [6, 6.07) is 0. The van der Waals surface area contributed by atoms with Crippen molar-refractivity contribution in [1.29, 1.82) is 0 Å². The van der Waals surface area contributed by atoms with Gasteiger partial charge >= 0.3 is 0 Å². The zero-order chi connectivity index (χ0) is 9.45. The van der Waals surface area contributed by atoms with E-state index in [0.717, 1.165) is 0 Å². The molecule has 0 fully saturated rings. The summed E-state index contributed by atoms with van der Waals surface area (Å²) in [7, 11) is 0. The maximum atomic E-state index is 13.1. The number of ether oxygens (including phenoxy) is 1. The molecule has 0 aliphatic carbocycles. The van der Waals surface area contributed by atoms with E-state index in [0.29, 0.717) is 0 Å². The minimum atomic E-state index is -1.88. The van der Waals surface area contributed by atoms with Gasteiger partial charge in [-0.15, -0.1) is 0 Å². The molecule has 1 unspecified atom stereocenters. The summed E-state index contributed by atoms with van der Waals surface area (Å²) >= 11 is 0. The van der Waals surface area contributed by atoms with Crippen LogP contribution in [-0.2, 0) is 4.74 Å². The van der Waals surface area contributed by atoms with E-state index in [1.54, 1.807) is 6.92 Å². The zero-order valence-electron chi connectivity index (χ0n) is 7.28. The fourth-order valence-corrected chi connectivity index (χ4v) is 0.647. The van der Waals surface area contributed by atoms with E-state index >= 15 is 0 Å². The van der Waals surface area contributed by atoms with Crippen LogP contribution in [0.1, 0.15) is 19.8 Å². The first-order valence-electron chi connectivity index (χ1n) is 4.07. The predicted molar refractivity (Wildman–Crippen MR) is 41.5 cm³/mol. The van der Waals surface area contributed by atoms with E-state index in [9.17, 15) is 13.2 Å². The summed E-state index contributed by atoms with van der Waals surface area (Å²) in [5.41, 5.74) is -1.88. The van der Waals surface area contributed by atoms with Gasteiger partial charge in [-0.2, -0.15) is 0 Å². The molecule has 0 aliphatic rings. The fourth-order valence-electron chi connectivity index (χ4n) is 0.647. The highest BCUT2D eigenvalue weighted by Gasteiger charge is 2.27. The average molecular weight is 184 g/mol. The summed E-state index contributed by atoms with van der Waals surface area (Å²) in [4.78, 5) is 0. The second-order valence-electron chi connectivity index (χ2n) is 2.73. The Kier molecular flexibility index (Phi) is 6.16. The number of hydrogen-bond donors (Lipinski definition) is 0. The Morgan fingerprint density at radius 3 is 2.42 bits per heavy atom. The molecule has 0 heterocycles. The van der Waals surface area contributed by atoms with Gasteiger partial charge in [0.15, 0.2) is 5.67 Å². The van der Waals surface area contributed by atoms with Crippen molar-refractivity contribution < 1.29 is 17.9 Å². The summed E-state index contributed by atoms with van der Waals surface area (Å²) in [6.07, 6.45) is 0.325. The van der Waals surface area contributed by atoms with Gasteiger partial charge < -0.3 is 4.74 Å². The van der Waals surface area contributed by atoms with Gasteiger partial charge in [0.1, 0.15) is 6.67 Å². The highest BCUT2D eigenvalue weighted by atomic mass is 19.2. The van der Waals surface area contributed by atoms with Gasteiger partial charge in [-0.25, -0.2) is 8.78 Å². The molecule has 0 aromatic rings. The third kappa shape index (κ3) is 4.59. The quantitative estimate of drug-likeness (QED) is 0.552. The van der Waals surface area contributed by atoms with Gasteiger partial charge in [-0.1, -0.05) is 6.92 Å². The fraction of sp³-hybridized carbons (Fsp3) is 1.00. The Morgan fingerprint density at radius 2 is 2.00 bits per heavy atom. The third-order valence-electron chi connectivity index (χ3n) is 1.66. The Bertz CT molecular complexity index is 104. The Morgan fingerprint density at radius 1 is 1.33 bits per heavy atom. The summed E-state index contributed by atoms with van der Waals surface area (Å²) in [6.45, 7) is -0.0968. The lowest BCUT2D eigenvalue weighted by Gasteiger charge is -2.19. The molecule has 12 heavy (non-hydrogen) atoms. The molecule has 1 nitrogen and oxygen atoms in total. The first-order valence-corrected chi connectivity index (χ1v) is 4.07. The average Bonchev–Trinajstić information content (AvgIpc) is 2.12. The first-order chi connectivity index (χ1) is 5.68. The molecule has 0 aromatic heterocycles. The van der Waals surface area contributed by atoms with Crippen LogP contribution in [0.15, 0.2) is 0 Å². The molecule has 0 aliphatic heterocycles. The van der Waals surface area contributed by atoms with Gasteiger partial charge in [0.05, 0.1) is 13.3 Å². The molecule has 0 rings (SSSR count). The van der Waals surface area contributed by atoms with Crippen molar-refractivity contribution in [2.24, 2.45) is 0 Å². The van der Waals surface area contributed by atoms with Crippen molar-refractivity contribution in [1.82, 2.24) is 0 Å². The number of alkyl halides is 3. The molecule has 0 aromatic carbocycles. The molecule has 0 radical (unpaired) electrons. The van der Waals surface area contributed by atoms with Crippen LogP contribution in [0.3, 0.4) is 0 Å². The van der Waals surface area contributed by atoms with Crippen LogP contribution < -0.4 is 0 Å². The highest BCUT2D eigenvalue weighted by Crippen LogP contribution is 2.16. The number of hydrogen-bond acceptors (Lipinski definition) is 1. The van der Waals surface area contributed by atoms with Crippen molar-refractivity contribution in [3.8, 4) is 0 Å². The molecule has 0 spiro atoms. The molecule has 0 N–H and O–H groups in total. The first kappa shape index (κ1) is 11.8. The van der Waals surface area contributed by atoms with Gasteiger partial charge in [0, 0.05) is 6.61 Å². The summed E-state index contributed by atoms with van der Waals surface area (Å²) in [5, 5.41) is 0. The van der Waals surface area contributed by atoms with Crippen LogP contribution in [0.25, 0.3) is 0 Å². The molecule has 74 valence electrons. The second-order valence-corrected chi connectivity index (χ2v) is 2.73. The molecule has 1 atom stereocenters. The van der Waals surface area contributed by atoms with Crippen LogP contribution in [0.4, 0.5) is 13.2 Å². The smallest absolute Gasteiger partial charge is 0.162 e. The maximum absolute atomic E-state index is 13.1. The van der Waals surface area contributed by atoms with Crippen molar-refractivity contribution in [3.63, 3.8) is 0 Å². The Balaban J connectivity index is 3.45.